The van der Waals surface area contributed by atoms with Gasteiger partial charge in [0.1, 0.15) is 5.75 Å². The van der Waals surface area contributed by atoms with Crippen molar-refractivity contribution in [2.45, 2.75) is 6.42 Å². The Hall–Kier alpha value is -3.22. The van der Waals surface area contributed by atoms with E-state index in [0.717, 1.165) is 11.3 Å². The van der Waals surface area contributed by atoms with Crippen LogP contribution in [0.3, 0.4) is 0 Å². The van der Waals surface area contributed by atoms with Gasteiger partial charge in [-0.25, -0.2) is 0 Å². The molecule has 3 aromatic rings. The Bertz CT molecular complexity index is 827. The number of aromatic nitrogens is 2. The Balaban J connectivity index is 1.81. The fourth-order valence-electron chi connectivity index (χ4n) is 2.19. The summed E-state index contributed by atoms with van der Waals surface area (Å²) in [6, 6.07) is 13.6. The number of methoxy groups -OCH3 is 1. The van der Waals surface area contributed by atoms with Gasteiger partial charge in [-0.2, -0.15) is 4.98 Å². The maximum atomic E-state index is 10.7. The van der Waals surface area contributed by atoms with E-state index in [1.165, 1.54) is 12.1 Å². The van der Waals surface area contributed by atoms with E-state index in [1.54, 1.807) is 19.2 Å². The third-order valence-electron chi connectivity index (χ3n) is 3.34. The lowest BCUT2D eigenvalue weighted by molar-refractivity contribution is -0.384. The molecule has 0 aliphatic carbocycles. The van der Waals surface area contributed by atoms with Crippen molar-refractivity contribution in [3.8, 4) is 17.1 Å². The molecular weight excluding hydrogens is 298 g/mol. The molecule has 1 aromatic heterocycles. The monoisotopic (exact) mass is 311 g/mol. The number of nitro groups is 1. The molecule has 3 rings (SSSR count). The van der Waals surface area contributed by atoms with Crippen molar-refractivity contribution in [1.29, 1.82) is 0 Å². The topological polar surface area (TPSA) is 91.3 Å². The smallest absolute Gasteiger partial charge is 0.269 e. The van der Waals surface area contributed by atoms with E-state index in [2.05, 4.69) is 10.1 Å². The van der Waals surface area contributed by atoms with Crippen LogP contribution in [0.2, 0.25) is 0 Å². The van der Waals surface area contributed by atoms with E-state index < -0.39 is 4.92 Å². The zero-order valence-electron chi connectivity index (χ0n) is 12.3. The van der Waals surface area contributed by atoms with Gasteiger partial charge in [0, 0.05) is 23.3 Å². The second-order valence-electron chi connectivity index (χ2n) is 4.80. The predicted octanol–water partition coefficient (Wildman–Crippen LogP) is 3.24. The maximum Gasteiger partial charge on any atom is 0.269 e. The molecule has 116 valence electrons. The van der Waals surface area contributed by atoms with Gasteiger partial charge in [0.25, 0.3) is 5.69 Å². The predicted molar refractivity (Wildman–Crippen MR) is 82.2 cm³/mol. The summed E-state index contributed by atoms with van der Waals surface area (Å²) in [6.07, 6.45) is 0.448. The minimum atomic E-state index is -0.451. The number of nitro benzene ring substituents is 1. The molecule has 0 aliphatic rings. The Labute approximate surface area is 131 Å². The van der Waals surface area contributed by atoms with Gasteiger partial charge in [-0.3, -0.25) is 10.1 Å². The Morgan fingerprint density at radius 1 is 1.17 bits per heavy atom. The molecule has 0 fully saturated rings. The van der Waals surface area contributed by atoms with Crippen LogP contribution in [-0.4, -0.2) is 22.2 Å². The molecule has 7 heteroatoms. The Morgan fingerprint density at radius 3 is 2.61 bits per heavy atom. The van der Waals surface area contributed by atoms with Crippen molar-refractivity contribution >= 4 is 5.69 Å². The van der Waals surface area contributed by atoms with Gasteiger partial charge in [0.05, 0.1) is 18.5 Å². The van der Waals surface area contributed by atoms with E-state index in [0.29, 0.717) is 23.7 Å². The van der Waals surface area contributed by atoms with Crippen LogP contribution in [0, 0.1) is 10.1 Å². The fourth-order valence-corrected chi connectivity index (χ4v) is 2.19. The highest BCUT2D eigenvalue weighted by Crippen LogP contribution is 2.23. The largest absolute Gasteiger partial charge is 0.496 e. The van der Waals surface area contributed by atoms with Crippen molar-refractivity contribution < 1.29 is 14.2 Å². The lowest BCUT2D eigenvalue weighted by atomic mass is 10.1. The van der Waals surface area contributed by atoms with Crippen molar-refractivity contribution in [2.75, 3.05) is 7.11 Å². The van der Waals surface area contributed by atoms with Gasteiger partial charge >= 0.3 is 0 Å². The summed E-state index contributed by atoms with van der Waals surface area (Å²) in [5.41, 5.74) is 1.62. The first-order chi connectivity index (χ1) is 11.2. The van der Waals surface area contributed by atoms with E-state index >= 15 is 0 Å². The number of benzene rings is 2. The molecule has 7 nitrogen and oxygen atoms in total. The summed E-state index contributed by atoms with van der Waals surface area (Å²) in [5.74, 6) is 1.59. The van der Waals surface area contributed by atoms with Gasteiger partial charge < -0.3 is 9.26 Å². The molecule has 0 unspecified atom stereocenters. The van der Waals surface area contributed by atoms with E-state index in [1.807, 2.05) is 24.3 Å². The minimum absolute atomic E-state index is 0.0199. The molecule has 0 saturated heterocycles. The second-order valence-corrected chi connectivity index (χ2v) is 4.80. The summed E-state index contributed by atoms with van der Waals surface area (Å²) in [5, 5.41) is 14.6. The third kappa shape index (κ3) is 3.18. The zero-order chi connectivity index (χ0) is 16.2. The summed E-state index contributed by atoms with van der Waals surface area (Å²) in [6.45, 7) is 0. The van der Waals surface area contributed by atoms with Crippen LogP contribution in [0.4, 0.5) is 5.69 Å². The molecule has 0 spiro atoms. The lowest BCUT2D eigenvalue weighted by Gasteiger charge is -2.04. The fraction of sp³-hybridized carbons (Fsp3) is 0.125. The van der Waals surface area contributed by atoms with E-state index in [9.17, 15) is 10.1 Å². The summed E-state index contributed by atoms with van der Waals surface area (Å²) >= 11 is 0. The molecule has 0 aliphatic heterocycles. The van der Waals surface area contributed by atoms with Crippen LogP contribution >= 0.6 is 0 Å². The summed E-state index contributed by atoms with van der Waals surface area (Å²) < 4.78 is 10.5. The van der Waals surface area contributed by atoms with Gasteiger partial charge in [-0.1, -0.05) is 23.4 Å². The minimum Gasteiger partial charge on any atom is -0.496 e. The first kappa shape index (κ1) is 14.7. The highest BCUT2D eigenvalue weighted by atomic mass is 16.6. The van der Waals surface area contributed by atoms with Crippen LogP contribution in [-0.2, 0) is 6.42 Å². The summed E-state index contributed by atoms with van der Waals surface area (Å²) in [4.78, 5) is 14.5. The molecule has 0 amide bonds. The Morgan fingerprint density at radius 2 is 1.91 bits per heavy atom. The van der Waals surface area contributed by atoms with E-state index in [4.69, 9.17) is 9.26 Å². The molecular formula is C16H13N3O4. The second kappa shape index (κ2) is 6.27. The number of hydrogen-bond acceptors (Lipinski definition) is 6. The highest BCUT2D eigenvalue weighted by Gasteiger charge is 2.13. The van der Waals surface area contributed by atoms with Crippen LogP contribution in [0.1, 0.15) is 11.5 Å². The van der Waals surface area contributed by atoms with Gasteiger partial charge in [-0.05, 0) is 18.2 Å². The van der Waals surface area contributed by atoms with Crippen molar-refractivity contribution in [2.24, 2.45) is 0 Å². The maximum absolute atomic E-state index is 10.7. The third-order valence-corrected chi connectivity index (χ3v) is 3.34. The van der Waals surface area contributed by atoms with Crippen molar-refractivity contribution in [3.63, 3.8) is 0 Å². The number of rotatable bonds is 5. The lowest BCUT2D eigenvalue weighted by Crippen LogP contribution is -1.93. The SMILES string of the molecule is COc1ccccc1Cc1nc(-c2ccc([N+](=O)[O-])cc2)no1. The first-order valence-electron chi connectivity index (χ1n) is 6.86. The van der Waals surface area contributed by atoms with Crippen LogP contribution in [0.15, 0.2) is 53.1 Å². The molecule has 0 saturated carbocycles. The van der Waals surface area contributed by atoms with Crippen LogP contribution in [0.25, 0.3) is 11.4 Å². The summed E-state index contributed by atoms with van der Waals surface area (Å²) in [7, 11) is 1.61. The molecule has 23 heavy (non-hydrogen) atoms. The first-order valence-corrected chi connectivity index (χ1v) is 6.86. The Kier molecular flexibility index (Phi) is 4.01. The number of para-hydroxylation sites is 1. The van der Waals surface area contributed by atoms with Gasteiger partial charge in [-0.15, -0.1) is 0 Å². The number of nitrogens with zero attached hydrogens (tertiary/aromatic N) is 3. The van der Waals surface area contributed by atoms with Gasteiger partial charge in [0.2, 0.25) is 11.7 Å². The molecule has 0 bridgehead atoms. The number of hydrogen-bond donors (Lipinski definition) is 0. The molecule has 0 radical (unpaired) electrons. The van der Waals surface area contributed by atoms with Crippen LogP contribution < -0.4 is 4.74 Å². The average Bonchev–Trinajstić information content (AvgIpc) is 3.04. The average molecular weight is 311 g/mol. The number of non-ortho nitro benzene ring substituents is 1. The van der Waals surface area contributed by atoms with Gasteiger partial charge in [0.15, 0.2) is 0 Å². The molecule has 0 N–H and O–H groups in total. The van der Waals surface area contributed by atoms with E-state index in [-0.39, 0.29) is 5.69 Å². The zero-order valence-corrected chi connectivity index (χ0v) is 12.3. The molecule has 2 aromatic carbocycles. The van der Waals surface area contributed by atoms with Crippen molar-refractivity contribution in [1.82, 2.24) is 10.1 Å². The number of ether oxygens (including phenoxy) is 1. The standard InChI is InChI=1S/C16H13N3O4/c1-22-14-5-3-2-4-12(14)10-15-17-16(18-23-15)11-6-8-13(9-7-11)19(20)21/h2-9H,10H2,1H3. The molecule has 1 heterocycles. The normalized spacial score (nSPS) is 10.5. The quantitative estimate of drug-likeness (QED) is 0.530. The van der Waals surface area contributed by atoms with Crippen LogP contribution in [0.5, 0.6) is 5.75 Å². The highest BCUT2D eigenvalue weighted by molar-refractivity contribution is 5.56. The van der Waals surface area contributed by atoms with Crippen molar-refractivity contribution in [3.05, 3.63) is 70.1 Å². The molecule has 0 atom stereocenters.